The summed E-state index contributed by atoms with van der Waals surface area (Å²) in [5.74, 6) is 0.473. The van der Waals surface area contributed by atoms with Gasteiger partial charge in [-0.05, 0) is 70.6 Å². The minimum atomic E-state index is -0.740. The molecule has 0 heterocycles. The second-order valence-electron chi connectivity index (χ2n) is 13.5. The lowest BCUT2D eigenvalue weighted by atomic mass is 9.66. The van der Waals surface area contributed by atoms with Gasteiger partial charge in [-0.15, -0.1) is 0 Å². The molecule has 0 radical (unpaired) electrons. The van der Waals surface area contributed by atoms with E-state index in [0.717, 1.165) is 27.8 Å². The van der Waals surface area contributed by atoms with E-state index in [1.807, 2.05) is 36.4 Å². The fraction of sp³-hybridized carbons (Fsp3) is 0.429. The molecule has 0 fully saturated rings. The minimum Gasteiger partial charge on any atom is -0.507 e. The van der Waals surface area contributed by atoms with Crippen molar-refractivity contribution in [1.82, 2.24) is 0 Å². The molecule has 51 heavy (non-hydrogen) atoms. The molecule has 9 nitrogen and oxygen atoms in total. The monoisotopic (exact) mass is 702 g/mol. The maximum absolute atomic E-state index is 11.2. The first-order chi connectivity index (χ1) is 24.5. The van der Waals surface area contributed by atoms with Crippen LogP contribution >= 0.6 is 0 Å². The van der Waals surface area contributed by atoms with E-state index in [1.54, 1.807) is 42.7 Å². The number of phenolic OH excluding ortho intramolecular Hbond substituents is 3. The molecule has 4 aromatic carbocycles. The largest absolute Gasteiger partial charge is 0.507 e. The summed E-state index contributed by atoms with van der Waals surface area (Å²) in [6.45, 7) is 7.87. The first-order valence-corrected chi connectivity index (χ1v) is 17.1. The Hall–Kier alpha value is -3.96. The molecule has 9 heteroatoms. The third-order valence-electron chi connectivity index (χ3n) is 9.94. The molecule has 0 unspecified atom stereocenters. The summed E-state index contributed by atoms with van der Waals surface area (Å²) in [6.07, 6.45) is 0.641. The Balaban J connectivity index is 2.01. The summed E-state index contributed by atoms with van der Waals surface area (Å²) in [5, 5.41) is 33.3. The second kappa shape index (κ2) is 17.5. The van der Waals surface area contributed by atoms with Crippen molar-refractivity contribution in [1.29, 1.82) is 0 Å². The van der Waals surface area contributed by atoms with E-state index >= 15 is 0 Å². The van der Waals surface area contributed by atoms with Crippen LogP contribution in [-0.4, -0.2) is 58.0 Å². The molecule has 276 valence electrons. The molecule has 3 N–H and O–H groups in total. The van der Waals surface area contributed by atoms with Crippen LogP contribution in [0.1, 0.15) is 88.4 Å². The third kappa shape index (κ3) is 8.09. The van der Waals surface area contributed by atoms with Crippen LogP contribution in [-0.2, 0) is 78.9 Å². The highest BCUT2D eigenvalue weighted by Crippen LogP contribution is 2.47. The zero-order valence-corrected chi connectivity index (χ0v) is 31.5. The number of ether oxygens (including phenoxy) is 6. The molecule has 4 aromatic rings. The third-order valence-corrected chi connectivity index (χ3v) is 9.94. The van der Waals surface area contributed by atoms with Crippen LogP contribution in [0.25, 0.3) is 0 Å². The predicted molar refractivity (Wildman–Crippen MR) is 197 cm³/mol. The van der Waals surface area contributed by atoms with Crippen molar-refractivity contribution in [2.24, 2.45) is 0 Å². The van der Waals surface area contributed by atoms with Crippen molar-refractivity contribution in [3.63, 3.8) is 0 Å². The standard InChI is InChI=1S/C42H54O9/c1-10-42(36-17-29(23-48-6)39(44)30(18-36)24-49-7,37-19-31(25-50-8)40(45)32(20-37)26-51-9)34-13-11-33(12-14-34)41(2,3)35-15-27(21-46-4)38(43)28(16-35)22-47-5/h11-20,43-45H,10,21-26H2,1-9H3. The fourth-order valence-corrected chi connectivity index (χ4v) is 7.18. The van der Waals surface area contributed by atoms with Crippen LogP contribution in [0.2, 0.25) is 0 Å². The smallest absolute Gasteiger partial charge is 0.126 e. The molecular weight excluding hydrogens is 648 g/mol. The van der Waals surface area contributed by atoms with Gasteiger partial charge in [-0.1, -0.05) is 45.0 Å². The first kappa shape index (κ1) is 39.8. The van der Waals surface area contributed by atoms with E-state index in [4.69, 9.17) is 28.4 Å². The van der Waals surface area contributed by atoms with E-state index in [0.29, 0.717) is 39.8 Å². The van der Waals surface area contributed by atoms with E-state index in [9.17, 15) is 15.3 Å². The van der Waals surface area contributed by atoms with Crippen LogP contribution in [0.3, 0.4) is 0 Å². The molecule has 0 aliphatic heterocycles. The van der Waals surface area contributed by atoms with Gasteiger partial charge in [0.1, 0.15) is 17.2 Å². The Morgan fingerprint density at radius 2 is 0.667 bits per heavy atom. The average molecular weight is 703 g/mol. The summed E-state index contributed by atoms with van der Waals surface area (Å²) < 4.78 is 32.9. The maximum Gasteiger partial charge on any atom is 0.126 e. The van der Waals surface area contributed by atoms with Crippen molar-refractivity contribution >= 4 is 0 Å². The van der Waals surface area contributed by atoms with E-state index in [-0.39, 0.29) is 56.9 Å². The first-order valence-electron chi connectivity index (χ1n) is 17.1. The number of phenols is 3. The summed E-state index contributed by atoms with van der Waals surface area (Å²) >= 11 is 0. The van der Waals surface area contributed by atoms with Crippen molar-refractivity contribution in [3.8, 4) is 17.2 Å². The molecule has 0 amide bonds. The van der Waals surface area contributed by atoms with Gasteiger partial charge in [0, 0.05) is 86.9 Å². The number of methoxy groups -OCH3 is 6. The van der Waals surface area contributed by atoms with Gasteiger partial charge in [0.25, 0.3) is 0 Å². The van der Waals surface area contributed by atoms with Crippen molar-refractivity contribution in [3.05, 3.63) is 122 Å². The SMILES string of the molecule is CCC(c1ccc(C(C)(C)c2cc(COC)c(O)c(COC)c2)cc1)(c1cc(COC)c(O)c(COC)c1)c1cc(COC)c(O)c(COC)c1. The summed E-state index contributed by atoms with van der Waals surface area (Å²) in [6, 6.07) is 20.6. The molecule has 0 bridgehead atoms. The van der Waals surface area contributed by atoms with E-state index in [2.05, 4.69) is 45.0 Å². The Morgan fingerprint density at radius 3 is 0.922 bits per heavy atom. The summed E-state index contributed by atoms with van der Waals surface area (Å²) in [4.78, 5) is 0. The van der Waals surface area contributed by atoms with Gasteiger partial charge in [-0.3, -0.25) is 0 Å². The van der Waals surface area contributed by atoms with Crippen molar-refractivity contribution in [2.75, 3.05) is 42.7 Å². The molecule has 0 aliphatic carbocycles. The van der Waals surface area contributed by atoms with Crippen molar-refractivity contribution < 1.29 is 43.7 Å². The summed E-state index contributed by atoms with van der Waals surface area (Å²) in [5.41, 5.74) is 7.82. The molecule has 0 saturated heterocycles. The highest BCUT2D eigenvalue weighted by molar-refractivity contribution is 5.59. The normalized spacial score (nSPS) is 12.1. The second-order valence-corrected chi connectivity index (χ2v) is 13.5. The zero-order valence-electron chi connectivity index (χ0n) is 31.5. The Bertz CT molecular complexity index is 1610. The molecular formula is C42H54O9. The van der Waals surface area contributed by atoms with Crippen LogP contribution in [0, 0.1) is 0 Å². The van der Waals surface area contributed by atoms with Gasteiger partial charge < -0.3 is 43.7 Å². The van der Waals surface area contributed by atoms with Crippen LogP contribution < -0.4 is 0 Å². The minimum absolute atomic E-state index is 0.144. The number of aromatic hydroxyl groups is 3. The number of benzene rings is 4. The van der Waals surface area contributed by atoms with Gasteiger partial charge in [-0.2, -0.15) is 0 Å². The topological polar surface area (TPSA) is 116 Å². The molecule has 0 aromatic heterocycles. The molecule has 0 spiro atoms. The van der Waals surface area contributed by atoms with Gasteiger partial charge in [0.15, 0.2) is 0 Å². The molecule has 0 atom stereocenters. The maximum atomic E-state index is 11.2. The lowest BCUT2D eigenvalue weighted by Gasteiger charge is -2.37. The highest BCUT2D eigenvalue weighted by Gasteiger charge is 2.38. The number of rotatable bonds is 18. The van der Waals surface area contributed by atoms with Crippen molar-refractivity contribution in [2.45, 2.75) is 77.7 Å². The Kier molecular flexibility index (Phi) is 13.7. The van der Waals surface area contributed by atoms with Gasteiger partial charge in [-0.25, -0.2) is 0 Å². The number of hydrogen-bond acceptors (Lipinski definition) is 9. The molecule has 4 rings (SSSR count). The quantitative estimate of drug-likeness (QED) is 0.0896. The van der Waals surface area contributed by atoms with Gasteiger partial charge in [0.05, 0.1) is 39.6 Å². The Labute approximate surface area is 302 Å². The number of hydrogen-bond donors (Lipinski definition) is 3. The van der Waals surface area contributed by atoms with Crippen LogP contribution in [0.4, 0.5) is 0 Å². The fourth-order valence-electron chi connectivity index (χ4n) is 7.18. The molecule has 0 saturated carbocycles. The van der Waals surface area contributed by atoms with Gasteiger partial charge in [0.2, 0.25) is 0 Å². The Morgan fingerprint density at radius 1 is 0.412 bits per heavy atom. The van der Waals surface area contributed by atoms with E-state index in [1.165, 1.54) is 0 Å². The zero-order chi connectivity index (χ0) is 37.3. The van der Waals surface area contributed by atoms with Gasteiger partial charge >= 0.3 is 0 Å². The lowest BCUT2D eigenvalue weighted by Crippen LogP contribution is -2.30. The predicted octanol–water partition coefficient (Wildman–Crippen LogP) is 7.75. The van der Waals surface area contributed by atoms with Crippen LogP contribution in [0.15, 0.2) is 60.7 Å². The van der Waals surface area contributed by atoms with E-state index < -0.39 is 10.8 Å². The summed E-state index contributed by atoms with van der Waals surface area (Å²) in [7, 11) is 9.65. The molecule has 0 aliphatic rings. The average Bonchev–Trinajstić information content (AvgIpc) is 3.11. The lowest BCUT2D eigenvalue weighted by molar-refractivity contribution is 0.174. The highest BCUT2D eigenvalue weighted by atomic mass is 16.5. The van der Waals surface area contributed by atoms with Crippen LogP contribution in [0.5, 0.6) is 17.2 Å².